The van der Waals surface area contributed by atoms with E-state index in [0.717, 1.165) is 161 Å². The van der Waals surface area contributed by atoms with Gasteiger partial charge in [0.1, 0.15) is 13.2 Å². The van der Waals surface area contributed by atoms with Crippen molar-refractivity contribution in [2.45, 2.75) is 303 Å². The average molecular weight is 1130 g/mol. The molecule has 0 rings (SSSR count). The summed E-state index contributed by atoms with van der Waals surface area (Å²) < 4.78 is 16.9. The number of ether oxygens (including phenoxy) is 3. The third-order valence-electron chi connectivity index (χ3n) is 14.1. The smallest absolute Gasteiger partial charge is 0.306 e. The van der Waals surface area contributed by atoms with E-state index in [-0.39, 0.29) is 31.1 Å². The molecule has 6 nitrogen and oxygen atoms in total. The highest BCUT2D eigenvalue weighted by atomic mass is 16.6. The molecule has 1 atom stereocenters. The Labute approximate surface area is 506 Å². The monoisotopic (exact) mass is 1130 g/mol. The maximum Gasteiger partial charge on any atom is 0.306 e. The molecule has 0 spiro atoms. The Kier molecular flexibility index (Phi) is 64.8. The molecule has 0 aliphatic carbocycles. The van der Waals surface area contributed by atoms with Crippen LogP contribution in [0.15, 0.2) is 146 Å². The van der Waals surface area contributed by atoms with E-state index in [9.17, 15) is 14.4 Å². The Hall–Kier alpha value is -4.71. The van der Waals surface area contributed by atoms with Crippen LogP contribution < -0.4 is 0 Å². The van der Waals surface area contributed by atoms with Gasteiger partial charge in [0.15, 0.2) is 6.10 Å². The van der Waals surface area contributed by atoms with Gasteiger partial charge in [-0.25, -0.2) is 0 Å². The van der Waals surface area contributed by atoms with Crippen molar-refractivity contribution >= 4 is 17.9 Å². The summed E-state index contributed by atoms with van der Waals surface area (Å²) in [5.74, 6) is -0.915. The average Bonchev–Trinajstić information content (AvgIpc) is 3.47. The molecule has 6 heteroatoms. The van der Waals surface area contributed by atoms with Gasteiger partial charge in [-0.05, 0) is 122 Å². The maximum atomic E-state index is 12.9. The highest BCUT2D eigenvalue weighted by Gasteiger charge is 2.19. The summed E-state index contributed by atoms with van der Waals surface area (Å²) in [5.41, 5.74) is 0. The van der Waals surface area contributed by atoms with Gasteiger partial charge < -0.3 is 14.2 Å². The van der Waals surface area contributed by atoms with Gasteiger partial charge in [0.25, 0.3) is 0 Å². The van der Waals surface area contributed by atoms with Crippen molar-refractivity contribution in [2.24, 2.45) is 0 Å². The Morgan fingerprint density at radius 2 is 0.476 bits per heavy atom. The summed E-state index contributed by atoms with van der Waals surface area (Å²) in [6.07, 6.45) is 98.6. The molecule has 0 aliphatic rings. The fraction of sp³-hybridized carbons (Fsp3) is 0.645. The molecular weight excluding hydrogens is 1010 g/mol. The topological polar surface area (TPSA) is 78.9 Å². The summed E-state index contributed by atoms with van der Waals surface area (Å²) in [6, 6.07) is 0. The van der Waals surface area contributed by atoms with E-state index in [1.54, 1.807) is 0 Å². The number of rotatable bonds is 60. The van der Waals surface area contributed by atoms with E-state index >= 15 is 0 Å². The molecule has 0 amide bonds. The van der Waals surface area contributed by atoms with Gasteiger partial charge in [-0.15, -0.1) is 0 Å². The quantitative estimate of drug-likeness (QED) is 0.0261. The van der Waals surface area contributed by atoms with Crippen molar-refractivity contribution in [1.29, 1.82) is 0 Å². The molecule has 0 aliphatic heterocycles. The van der Waals surface area contributed by atoms with Crippen molar-refractivity contribution in [1.82, 2.24) is 0 Å². The van der Waals surface area contributed by atoms with E-state index in [4.69, 9.17) is 14.2 Å². The minimum absolute atomic E-state index is 0.0899. The lowest BCUT2D eigenvalue weighted by atomic mass is 10.0. The summed E-state index contributed by atoms with van der Waals surface area (Å²) in [7, 11) is 0. The number of esters is 3. The van der Waals surface area contributed by atoms with Gasteiger partial charge in [-0.2, -0.15) is 0 Å². The number of hydrogen-bond acceptors (Lipinski definition) is 6. The zero-order valence-corrected chi connectivity index (χ0v) is 53.2. The van der Waals surface area contributed by atoms with Crippen molar-refractivity contribution in [2.75, 3.05) is 13.2 Å². The Balaban J connectivity index is 4.35. The normalized spacial score (nSPS) is 13.1. The minimum Gasteiger partial charge on any atom is -0.462 e. The van der Waals surface area contributed by atoms with Crippen molar-refractivity contribution in [3.05, 3.63) is 146 Å². The van der Waals surface area contributed by atoms with E-state index in [1.165, 1.54) is 96.3 Å². The molecule has 0 radical (unpaired) electrons. The molecular formula is C76H124O6. The van der Waals surface area contributed by atoms with Gasteiger partial charge in [0.05, 0.1) is 0 Å². The van der Waals surface area contributed by atoms with Crippen LogP contribution in [-0.2, 0) is 28.6 Å². The van der Waals surface area contributed by atoms with Crippen molar-refractivity contribution in [3.8, 4) is 0 Å². The molecule has 0 fully saturated rings. The fourth-order valence-electron chi connectivity index (χ4n) is 9.10. The Morgan fingerprint density at radius 3 is 0.744 bits per heavy atom. The predicted octanol–water partition coefficient (Wildman–Crippen LogP) is 23.5. The molecule has 0 bridgehead atoms. The highest BCUT2D eigenvalue weighted by molar-refractivity contribution is 5.71. The SMILES string of the molecule is CC/C=C\C/C=C\C/C=C\C/C=C\C/C=C\C/C=C\C/C=C\C/C=C\C/C=C\CCCCCCCC(=O)OCC(COC(=O)CCCCCCCCCCCCCCCC)OC(=O)CCCCCCCCC/C=C\C/C=C\C/C=C\CC. The van der Waals surface area contributed by atoms with Crippen LogP contribution in [0, 0.1) is 0 Å². The van der Waals surface area contributed by atoms with E-state index < -0.39 is 6.10 Å². The zero-order chi connectivity index (χ0) is 59.2. The first-order valence-corrected chi connectivity index (χ1v) is 33.8. The molecule has 0 aromatic heterocycles. The second-order valence-corrected chi connectivity index (χ2v) is 22.0. The van der Waals surface area contributed by atoms with Crippen LogP contribution in [0.5, 0.6) is 0 Å². The number of carbonyl (C=O) groups excluding carboxylic acids is 3. The van der Waals surface area contributed by atoms with Gasteiger partial charge >= 0.3 is 17.9 Å². The number of hydrogen-bond donors (Lipinski definition) is 0. The van der Waals surface area contributed by atoms with Crippen LogP contribution in [0.2, 0.25) is 0 Å². The van der Waals surface area contributed by atoms with Crippen LogP contribution in [0.1, 0.15) is 297 Å². The van der Waals surface area contributed by atoms with Crippen molar-refractivity contribution < 1.29 is 28.6 Å². The van der Waals surface area contributed by atoms with E-state index in [1.807, 2.05) is 0 Å². The lowest BCUT2D eigenvalue weighted by Gasteiger charge is -2.18. The molecule has 0 saturated carbocycles. The van der Waals surface area contributed by atoms with Gasteiger partial charge in [-0.1, -0.05) is 301 Å². The van der Waals surface area contributed by atoms with Crippen molar-refractivity contribution in [3.63, 3.8) is 0 Å². The number of unbranched alkanes of at least 4 members (excludes halogenated alkanes) is 25. The molecule has 82 heavy (non-hydrogen) atoms. The second kappa shape index (κ2) is 68.8. The highest BCUT2D eigenvalue weighted by Crippen LogP contribution is 2.16. The molecule has 0 aromatic rings. The maximum absolute atomic E-state index is 12.9. The lowest BCUT2D eigenvalue weighted by Crippen LogP contribution is -2.30. The Bertz CT molecular complexity index is 1780. The second-order valence-electron chi connectivity index (χ2n) is 22.0. The van der Waals surface area contributed by atoms with E-state index in [2.05, 4.69) is 167 Å². The van der Waals surface area contributed by atoms with Crippen LogP contribution in [-0.4, -0.2) is 37.2 Å². The molecule has 0 heterocycles. The van der Waals surface area contributed by atoms with Gasteiger partial charge in [-0.3, -0.25) is 14.4 Å². The summed E-state index contributed by atoms with van der Waals surface area (Å²) in [6.45, 7) is 6.41. The fourth-order valence-corrected chi connectivity index (χ4v) is 9.10. The molecule has 0 saturated heterocycles. The molecule has 464 valence electrons. The first-order valence-electron chi connectivity index (χ1n) is 33.8. The predicted molar refractivity (Wildman–Crippen MR) is 357 cm³/mol. The molecule has 0 N–H and O–H groups in total. The van der Waals surface area contributed by atoms with Crippen LogP contribution in [0.25, 0.3) is 0 Å². The van der Waals surface area contributed by atoms with E-state index in [0.29, 0.717) is 19.3 Å². The first kappa shape index (κ1) is 77.3. The number of allylic oxidation sites excluding steroid dienone is 24. The van der Waals surface area contributed by atoms with Crippen LogP contribution >= 0.6 is 0 Å². The summed E-state index contributed by atoms with van der Waals surface area (Å²) >= 11 is 0. The summed E-state index contributed by atoms with van der Waals surface area (Å²) in [4.78, 5) is 38.4. The third-order valence-corrected chi connectivity index (χ3v) is 14.1. The first-order chi connectivity index (χ1) is 40.5. The van der Waals surface area contributed by atoms with Crippen LogP contribution in [0.4, 0.5) is 0 Å². The summed E-state index contributed by atoms with van der Waals surface area (Å²) in [5, 5.41) is 0. The van der Waals surface area contributed by atoms with Gasteiger partial charge in [0.2, 0.25) is 0 Å². The largest absolute Gasteiger partial charge is 0.462 e. The number of carbonyl (C=O) groups is 3. The molecule has 0 aromatic carbocycles. The zero-order valence-electron chi connectivity index (χ0n) is 53.2. The standard InChI is InChI=1S/C76H124O6/c1-4-7-10-13-16-19-22-25-28-30-31-32-33-34-35-36-37-38-39-40-41-42-43-44-45-47-48-51-54-57-60-63-66-69-75(78)81-72-73(71-80-74(77)68-65-62-59-56-53-50-27-24-21-18-15-12-9-6-3)82-76(79)70-67-64-61-58-55-52-49-46-29-26-23-20-17-14-11-8-5-2/h7-8,10-11,16-17,19-20,25-26,28-29,31-32,34-35,37-38,40-41,43-44,47-48,73H,4-6,9,12-15,18,21-24,27,30,33,36,39,42,45-46,49-72H2,1-3H3/b10-7-,11-8-,19-16-,20-17-,28-25-,29-26-,32-31-,35-34-,38-37-,41-40-,44-43-,48-47-. The molecule has 1 unspecified atom stereocenters. The van der Waals surface area contributed by atoms with Crippen LogP contribution in [0.3, 0.4) is 0 Å². The lowest BCUT2D eigenvalue weighted by molar-refractivity contribution is -0.167. The Morgan fingerprint density at radius 1 is 0.256 bits per heavy atom. The minimum atomic E-state index is -0.797. The third kappa shape index (κ3) is 66.1. The van der Waals surface area contributed by atoms with Gasteiger partial charge in [0, 0.05) is 19.3 Å².